The van der Waals surface area contributed by atoms with Gasteiger partial charge in [-0.2, -0.15) is 0 Å². The lowest BCUT2D eigenvalue weighted by molar-refractivity contribution is -0.141. The Labute approximate surface area is 231 Å². The van der Waals surface area contributed by atoms with E-state index in [1.54, 1.807) is 42.2 Å². The van der Waals surface area contributed by atoms with Gasteiger partial charge in [0.25, 0.3) is 0 Å². The molecule has 0 radical (unpaired) electrons. The van der Waals surface area contributed by atoms with Crippen molar-refractivity contribution >= 4 is 50.7 Å². The van der Waals surface area contributed by atoms with Crippen molar-refractivity contribution in [3.8, 4) is 0 Å². The molecule has 0 unspecified atom stereocenters. The number of carbonyl (C=O) groups excluding carboxylic acids is 2. The van der Waals surface area contributed by atoms with Crippen LogP contribution in [0.25, 0.3) is 0 Å². The van der Waals surface area contributed by atoms with Crippen molar-refractivity contribution in [2.75, 3.05) is 23.7 Å². The van der Waals surface area contributed by atoms with Gasteiger partial charge in [0, 0.05) is 36.1 Å². The highest BCUT2D eigenvalue weighted by Crippen LogP contribution is 2.28. The van der Waals surface area contributed by atoms with E-state index in [-0.39, 0.29) is 43.7 Å². The molecule has 10 heteroatoms. The Morgan fingerprint density at radius 3 is 2.27 bits per heavy atom. The minimum atomic E-state index is -3.60. The second-order valence-corrected chi connectivity index (χ2v) is 12.3. The van der Waals surface area contributed by atoms with Crippen molar-refractivity contribution in [3.63, 3.8) is 0 Å². The van der Waals surface area contributed by atoms with Crippen LogP contribution < -0.4 is 9.62 Å². The van der Waals surface area contributed by atoms with E-state index in [9.17, 15) is 18.0 Å². The van der Waals surface area contributed by atoms with Crippen molar-refractivity contribution < 1.29 is 18.0 Å². The van der Waals surface area contributed by atoms with E-state index in [1.807, 2.05) is 32.9 Å². The molecule has 0 saturated heterocycles. The van der Waals surface area contributed by atoms with Crippen LogP contribution in [0.5, 0.6) is 0 Å². The van der Waals surface area contributed by atoms with Crippen molar-refractivity contribution in [2.24, 2.45) is 5.92 Å². The molecule has 2 rings (SSSR count). The molecule has 1 atom stereocenters. The van der Waals surface area contributed by atoms with Crippen LogP contribution in [0.3, 0.4) is 0 Å². The van der Waals surface area contributed by atoms with Crippen molar-refractivity contribution in [1.82, 2.24) is 10.2 Å². The number of hydrogen-bond donors (Lipinski definition) is 1. The molecule has 37 heavy (non-hydrogen) atoms. The summed E-state index contributed by atoms with van der Waals surface area (Å²) in [7, 11) is -3.60. The number of rotatable bonds is 13. The summed E-state index contributed by atoms with van der Waals surface area (Å²) in [5.74, 6) is -0.151. The first kappa shape index (κ1) is 30.9. The van der Waals surface area contributed by atoms with Crippen LogP contribution >= 0.6 is 23.2 Å². The molecule has 1 N–H and O–H groups in total. The molecule has 0 aliphatic carbocycles. The number of hydrogen-bond acceptors (Lipinski definition) is 4. The van der Waals surface area contributed by atoms with Crippen LogP contribution in [0.2, 0.25) is 10.0 Å². The Bertz CT molecular complexity index is 1170. The maximum absolute atomic E-state index is 13.5. The molecular formula is C27H37Cl2N3O4S. The summed E-state index contributed by atoms with van der Waals surface area (Å²) in [6.45, 7) is 8.51. The van der Waals surface area contributed by atoms with E-state index in [0.717, 1.165) is 11.8 Å². The van der Waals surface area contributed by atoms with Gasteiger partial charge in [-0.05, 0) is 61.1 Å². The van der Waals surface area contributed by atoms with E-state index >= 15 is 0 Å². The van der Waals surface area contributed by atoms with Crippen LogP contribution in [0.1, 0.15) is 51.2 Å². The molecule has 0 aromatic heterocycles. The maximum Gasteiger partial charge on any atom is 0.242 e. The van der Waals surface area contributed by atoms with Crippen LogP contribution in [0.15, 0.2) is 42.5 Å². The van der Waals surface area contributed by atoms with E-state index in [2.05, 4.69) is 5.32 Å². The molecule has 0 saturated carbocycles. The zero-order chi connectivity index (χ0) is 27.8. The van der Waals surface area contributed by atoms with Crippen LogP contribution in [0.4, 0.5) is 5.69 Å². The summed E-state index contributed by atoms with van der Waals surface area (Å²) in [4.78, 5) is 28.1. The fourth-order valence-corrected chi connectivity index (χ4v) is 5.29. The molecule has 7 nitrogen and oxygen atoms in total. The van der Waals surface area contributed by atoms with Crippen molar-refractivity contribution in [2.45, 2.75) is 59.5 Å². The third-order valence-corrected chi connectivity index (χ3v) is 7.84. The van der Waals surface area contributed by atoms with Gasteiger partial charge in [-0.3, -0.25) is 13.9 Å². The molecular weight excluding hydrogens is 533 g/mol. The Kier molecular flexibility index (Phi) is 11.7. The van der Waals surface area contributed by atoms with Crippen LogP contribution in [-0.4, -0.2) is 50.5 Å². The first-order valence-corrected chi connectivity index (χ1v) is 15.0. The molecule has 0 fully saturated rings. The fraction of sp³-hybridized carbons (Fsp3) is 0.481. The molecule has 0 aliphatic rings. The normalized spacial score (nSPS) is 12.3. The molecule has 2 amide bonds. The highest BCUT2D eigenvalue weighted by molar-refractivity contribution is 7.92. The SMILES string of the molecule is CC[C@@H](C(=O)NCC(C)C)N(Cc1ccc(Cl)cc1)C(=O)CCCN(c1cccc(Cl)c1C)S(C)(=O)=O. The van der Waals surface area contributed by atoms with E-state index in [0.29, 0.717) is 34.3 Å². The number of benzene rings is 2. The van der Waals surface area contributed by atoms with Crippen LogP contribution in [-0.2, 0) is 26.2 Å². The van der Waals surface area contributed by atoms with Gasteiger partial charge < -0.3 is 10.2 Å². The largest absolute Gasteiger partial charge is 0.354 e. The fourth-order valence-electron chi connectivity index (χ4n) is 3.98. The molecule has 2 aromatic carbocycles. The molecule has 0 aliphatic heterocycles. The number of sulfonamides is 1. The van der Waals surface area contributed by atoms with Gasteiger partial charge in [0.15, 0.2) is 0 Å². The zero-order valence-electron chi connectivity index (χ0n) is 22.1. The maximum atomic E-state index is 13.5. The quantitative estimate of drug-likeness (QED) is 0.348. The Balaban J connectivity index is 2.24. The predicted molar refractivity (Wildman–Crippen MR) is 152 cm³/mol. The molecule has 204 valence electrons. The van der Waals surface area contributed by atoms with Gasteiger partial charge >= 0.3 is 0 Å². The number of nitrogens with one attached hydrogen (secondary N) is 1. The minimum Gasteiger partial charge on any atom is -0.354 e. The third kappa shape index (κ3) is 9.20. The minimum absolute atomic E-state index is 0.0766. The third-order valence-electron chi connectivity index (χ3n) is 6.00. The highest BCUT2D eigenvalue weighted by Gasteiger charge is 2.29. The highest BCUT2D eigenvalue weighted by atomic mass is 35.5. The molecule has 2 aromatic rings. The van der Waals surface area contributed by atoms with Gasteiger partial charge in [-0.1, -0.05) is 62.2 Å². The van der Waals surface area contributed by atoms with Crippen LogP contribution in [0, 0.1) is 12.8 Å². The lowest BCUT2D eigenvalue weighted by Gasteiger charge is -2.31. The second-order valence-electron chi connectivity index (χ2n) is 9.53. The van der Waals surface area contributed by atoms with Gasteiger partial charge in [0.1, 0.15) is 6.04 Å². The first-order valence-electron chi connectivity index (χ1n) is 12.4. The average Bonchev–Trinajstić information content (AvgIpc) is 2.82. The number of amides is 2. The molecule has 0 bridgehead atoms. The van der Waals surface area contributed by atoms with E-state index in [4.69, 9.17) is 23.2 Å². The summed E-state index contributed by atoms with van der Waals surface area (Å²) in [5.41, 5.74) is 1.98. The van der Waals surface area contributed by atoms with Gasteiger partial charge in [-0.25, -0.2) is 8.42 Å². The van der Waals surface area contributed by atoms with Crippen molar-refractivity contribution in [3.05, 3.63) is 63.6 Å². The topological polar surface area (TPSA) is 86.8 Å². The lowest BCUT2D eigenvalue weighted by Crippen LogP contribution is -2.49. The first-order chi connectivity index (χ1) is 17.3. The average molecular weight is 571 g/mol. The number of carbonyl (C=O) groups is 2. The standard InChI is InChI=1S/C27H37Cl2N3O4S/c1-6-24(27(34)30-17-19(2)3)31(18-21-12-14-22(28)15-13-21)26(33)11-8-16-32(37(5,35)36)25-10-7-9-23(29)20(25)4/h7,9-10,12-15,19,24H,6,8,11,16-18H2,1-5H3,(H,30,34)/t24-/m0/s1. The lowest BCUT2D eigenvalue weighted by atomic mass is 10.1. The number of halogens is 2. The molecule has 0 spiro atoms. The van der Waals surface area contributed by atoms with Crippen molar-refractivity contribution in [1.29, 1.82) is 0 Å². The predicted octanol–water partition coefficient (Wildman–Crippen LogP) is 5.43. The van der Waals surface area contributed by atoms with Gasteiger partial charge in [0.2, 0.25) is 21.8 Å². The van der Waals surface area contributed by atoms with E-state index < -0.39 is 16.1 Å². The molecule has 0 heterocycles. The number of anilines is 1. The summed E-state index contributed by atoms with van der Waals surface area (Å²) < 4.78 is 26.4. The summed E-state index contributed by atoms with van der Waals surface area (Å²) >= 11 is 12.2. The Hall–Kier alpha value is -2.29. The Morgan fingerprint density at radius 1 is 1.05 bits per heavy atom. The monoisotopic (exact) mass is 569 g/mol. The Morgan fingerprint density at radius 2 is 1.70 bits per heavy atom. The summed E-state index contributed by atoms with van der Waals surface area (Å²) in [5, 5.41) is 3.99. The summed E-state index contributed by atoms with van der Waals surface area (Å²) in [6.07, 6.45) is 1.93. The zero-order valence-corrected chi connectivity index (χ0v) is 24.5. The van der Waals surface area contributed by atoms with E-state index in [1.165, 1.54) is 4.31 Å². The van der Waals surface area contributed by atoms with Gasteiger partial charge in [0.05, 0.1) is 11.9 Å². The van der Waals surface area contributed by atoms with Gasteiger partial charge in [-0.15, -0.1) is 0 Å². The smallest absolute Gasteiger partial charge is 0.242 e. The number of nitrogens with zero attached hydrogens (tertiary/aromatic N) is 2. The second kappa shape index (κ2) is 14.0. The summed E-state index contributed by atoms with van der Waals surface area (Å²) in [6, 6.07) is 11.6.